The molecule has 1 aliphatic heterocycles. The highest BCUT2D eigenvalue weighted by atomic mass is 35.5. The summed E-state index contributed by atoms with van der Waals surface area (Å²) in [6, 6.07) is 1.75. The van der Waals surface area contributed by atoms with Gasteiger partial charge < -0.3 is 19.5 Å². The molecule has 0 saturated carbocycles. The van der Waals surface area contributed by atoms with Gasteiger partial charge in [0.1, 0.15) is 18.1 Å². The highest BCUT2D eigenvalue weighted by molar-refractivity contribution is 6.33. The normalized spacial score (nSPS) is 17.0. The number of methoxy groups -OCH3 is 2. The lowest BCUT2D eigenvalue weighted by Crippen LogP contribution is -2.21. The number of rotatable bonds is 5. The zero-order valence-electron chi connectivity index (χ0n) is 11.9. The lowest BCUT2D eigenvalue weighted by Gasteiger charge is -2.18. The van der Waals surface area contributed by atoms with E-state index in [0.29, 0.717) is 22.3 Å². The standard InChI is InChI=1S/C14H16Cl2N2O3/c1-8-10(7-21-9-5-17-14(16)18-6-9)13(15)12(20-3)4-11(8)19-2/h4-6,14,17H,7H2,1-3H3. The molecule has 0 bridgehead atoms. The van der Waals surface area contributed by atoms with E-state index in [1.165, 1.54) is 0 Å². The van der Waals surface area contributed by atoms with Gasteiger partial charge in [0.2, 0.25) is 0 Å². The maximum atomic E-state index is 6.33. The largest absolute Gasteiger partial charge is 0.496 e. The van der Waals surface area contributed by atoms with Gasteiger partial charge in [0.15, 0.2) is 11.4 Å². The average molecular weight is 331 g/mol. The molecular weight excluding hydrogens is 315 g/mol. The molecular formula is C14H16Cl2N2O3. The first-order chi connectivity index (χ1) is 10.1. The molecule has 1 unspecified atom stereocenters. The smallest absolute Gasteiger partial charge is 0.195 e. The van der Waals surface area contributed by atoms with Crippen LogP contribution in [0.15, 0.2) is 23.0 Å². The molecule has 0 saturated heterocycles. The minimum atomic E-state index is -0.459. The summed E-state index contributed by atoms with van der Waals surface area (Å²) in [5, 5.41) is 3.35. The van der Waals surface area contributed by atoms with Gasteiger partial charge in [-0.1, -0.05) is 23.2 Å². The van der Waals surface area contributed by atoms with Crippen LogP contribution >= 0.6 is 23.2 Å². The van der Waals surface area contributed by atoms with E-state index in [1.54, 1.807) is 32.7 Å². The van der Waals surface area contributed by atoms with Crippen LogP contribution in [0.5, 0.6) is 11.5 Å². The van der Waals surface area contributed by atoms with Gasteiger partial charge in [0.05, 0.1) is 25.5 Å². The minimum absolute atomic E-state index is 0.269. The van der Waals surface area contributed by atoms with Crippen molar-refractivity contribution in [2.45, 2.75) is 19.2 Å². The number of benzene rings is 1. The summed E-state index contributed by atoms with van der Waals surface area (Å²) in [6.45, 7) is 2.18. The van der Waals surface area contributed by atoms with Crippen LogP contribution < -0.4 is 14.8 Å². The van der Waals surface area contributed by atoms with Crippen molar-refractivity contribution in [2.75, 3.05) is 14.2 Å². The van der Waals surface area contributed by atoms with Crippen LogP contribution in [0.1, 0.15) is 11.1 Å². The Hall–Kier alpha value is -1.59. The lowest BCUT2D eigenvalue weighted by molar-refractivity contribution is 0.214. The number of ether oxygens (including phenoxy) is 3. The number of aliphatic imine (C=N–C) groups is 1. The van der Waals surface area contributed by atoms with E-state index in [2.05, 4.69) is 10.3 Å². The molecule has 5 nitrogen and oxygen atoms in total. The Balaban J connectivity index is 2.21. The molecule has 21 heavy (non-hydrogen) atoms. The van der Waals surface area contributed by atoms with Crippen molar-refractivity contribution in [3.8, 4) is 11.5 Å². The van der Waals surface area contributed by atoms with Crippen LogP contribution in [0.4, 0.5) is 0 Å². The predicted molar refractivity (Wildman–Crippen MR) is 83.4 cm³/mol. The molecule has 1 aromatic carbocycles. The van der Waals surface area contributed by atoms with Gasteiger partial charge >= 0.3 is 0 Å². The second-order valence-corrected chi connectivity index (χ2v) is 5.11. The topological polar surface area (TPSA) is 52.1 Å². The fourth-order valence-corrected chi connectivity index (χ4v) is 2.34. The molecule has 2 rings (SSSR count). The number of hydrogen-bond acceptors (Lipinski definition) is 5. The summed E-state index contributed by atoms with van der Waals surface area (Å²) < 4.78 is 16.2. The van der Waals surface area contributed by atoms with Crippen LogP contribution in [-0.4, -0.2) is 26.1 Å². The molecule has 1 heterocycles. The summed E-state index contributed by atoms with van der Waals surface area (Å²) in [5.41, 5.74) is 1.24. The van der Waals surface area contributed by atoms with Gasteiger partial charge in [-0.3, -0.25) is 0 Å². The third-order valence-corrected chi connectivity index (χ3v) is 3.74. The van der Waals surface area contributed by atoms with Crippen LogP contribution in [-0.2, 0) is 11.3 Å². The first-order valence-electron chi connectivity index (χ1n) is 6.23. The molecule has 0 aliphatic carbocycles. The Morgan fingerprint density at radius 2 is 2.00 bits per heavy atom. The quantitative estimate of drug-likeness (QED) is 0.665. The van der Waals surface area contributed by atoms with Crippen molar-refractivity contribution in [2.24, 2.45) is 4.99 Å². The van der Waals surface area contributed by atoms with Crippen molar-refractivity contribution >= 4 is 29.4 Å². The van der Waals surface area contributed by atoms with Crippen molar-refractivity contribution in [3.63, 3.8) is 0 Å². The molecule has 0 amide bonds. The van der Waals surface area contributed by atoms with Gasteiger partial charge in [0, 0.05) is 17.8 Å². The van der Waals surface area contributed by atoms with E-state index in [1.807, 2.05) is 6.92 Å². The van der Waals surface area contributed by atoms with Crippen molar-refractivity contribution < 1.29 is 14.2 Å². The average Bonchev–Trinajstić information content (AvgIpc) is 2.49. The fourth-order valence-electron chi connectivity index (χ4n) is 1.89. The summed E-state index contributed by atoms with van der Waals surface area (Å²) in [4.78, 5) is 3.99. The van der Waals surface area contributed by atoms with E-state index in [0.717, 1.165) is 11.1 Å². The van der Waals surface area contributed by atoms with E-state index < -0.39 is 5.62 Å². The SMILES string of the molecule is COc1cc(OC)c(Cl)c(COC2=CNC(Cl)N=C2)c1C. The summed E-state index contributed by atoms with van der Waals surface area (Å²) in [5.74, 6) is 1.81. The Bertz CT molecular complexity index is 560. The van der Waals surface area contributed by atoms with Crippen molar-refractivity contribution in [3.05, 3.63) is 34.2 Å². The number of halogens is 2. The number of alkyl halides is 1. The molecule has 114 valence electrons. The molecule has 1 aliphatic rings. The van der Waals surface area contributed by atoms with E-state index in [9.17, 15) is 0 Å². The van der Waals surface area contributed by atoms with Gasteiger partial charge in [-0.25, -0.2) is 4.99 Å². The summed E-state index contributed by atoms with van der Waals surface area (Å²) in [6.07, 6.45) is 3.22. The molecule has 7 heteroatoms. The first kappa shape index (κ1) is 15.8. The molecule has 1 N–H and O–H groups in total. The highest BCUT2D eigenvalue weighted by Crippen LogP contribution is 2.37. The van der Waals surface area contributed by atoms with E-state index in [-0.39, 0.29) is 6.61 Å². The zero-order chi connectivity index (χ0) is 15.4. The summed E-state index contributed by atoms with van der Waals surface area (Å²) in [7, 11) is 3.16. The molecule has 0 spiro atoms. The molecule has 0 fully saturated rings. The van der Waals surface area contributed by atoms with E-state index >= 15 is 0 Å². The Labute approximate surface area is 133 Å². The van der Waals surface area contributed by atoms with Crippen LogP contribution in [0.3, 0.4) is 0 Å². The highest BCUT2D eigenvalue weighted by Gasteiger charge is 2.16. The zero-order valence-corrected chi connectivity index (χ0v) is 13.5. The Morgan fingerprint density at radius 1 is 1.29 bits per heavy atom. The third-order valence-electron chi connectivity index (χ3n) is 3.08. The predicted octanol–water partition coefficient (Wildman–Crippen LogP) is 3.22. The maximum Gasteiger partial charge on any atom is 0.195 e. The third kappa shape index (κ3) is 3.54. The molecule has 1 aromatic rings. The second-order valence-electron chi connectivity index (χ2n) is 4.31. The number of hydrogen-bond donors (Lipinski definition) is 1. The monoisotopic (exact) mass is 330 g/mol. The first-order valence-corrected chi connectivity index (χ1v) is 7.04. The fraction of sp³-hybridized carbons (Fsp3) is 0.357. The number of nitrogens with zero attached hydrogens (tertiary/aromatic N) is 1. The second kappa shape index (κ2) is 6.91. The van der Waals surface area contributed by atoms with Crippen LogP contribution in [0.2, 0.25) is 5.02 Å². The van der Waals surface area contributed by atoms with Gasteiger partial charge in [-0.05, 0) is 12.5 Å². The van der Waals surface area contributed by atoms with Crippen molar-refractivity contribution in [1.82, 2.24) is 5.32 Å². The van der Waals surface area contributed by atoms with Gasteiger partial charge in [-0.15, -0.1) is 0 Å². The Morgan fingerprint density at radius 3 is 2.57 bits per heavy atom. The van der Waals surface area contributed by atoms with Crippen LogP contribution in [0, 0.1) is 6.92 Å². The van der Waals surface area contributed by atoms with Crippen molar-refractivity contribution in [1.29, 1.82) is 0 Å². The minimum Gasteiger partial charge on any atom is -0.496 e. The lowest BCUT2D eigenvalue weighted by atomic mass is 10.1. The molecule has 1 atom stereocenters. The number of nitrogens with one attached hydrogen (secondary N) is 1. The summed E-state index contributed by atoms with van der Waals surface area (Å²) >= 11 is 12.1. The van der Waals surface area contributed by atoms with E-state index in [4.69, 9.17) is 37.4 Å². The maximum absolute atomic E-state index is 6.33. The van der Waals surface area contributed by atoms with Gasteiger partial charge in [-0.2, -0.15) is 0 Å². The molecule has 0 aromatic heterocycles. The Kier molecular flexibility index (Phi) is 5.20. The molecule has 0 radical (unpaired) electrons. The van der Waals surface area contributed by atoms with Crippen LogP contribution in [0.25, 0.3) is 0 Å². The number of allylic oxidation sites excluding steroid dienone is 1. The van der Waals surface area contributed by atoms with Gasteiger partial charge in [0.25, 0.3) is 0 Å².